The molecule has 0 saturated heterocycles. The molecule has 0 aliphatic carbocycles. The molecule has 1 aromatic carbocycles. The van der Waals surface area contributed by atoms with Crippen molar-refractivity contribution in [1.82, 2.24) is 5.32 Å². The van der Waals surface area contributed by atoms with Crippen LogP contribution in [0.4, 0.5) is 0 Å². The Morgan fingerprint density at radius 1 is 1.20 bits per heavy atom. The van der Waals surface area contributed by atoms with Crippen LogP contribution in [0.2, 0.25) is 0 Å². The summed E-state index contributed by atoms with van der Waals surface area (Å²) >= 11 is 0. The third-order valence-corrected chi connectivity index (χ3v) is 3.20. The SMILES string of the molecule is CCCOc1ccc(C[C@H](NCC)C(=O)C(C)C)cc1. The first-order chi connectivity index (χ1) is 9.58. The van der Waals surface area contributed by atoms with Crippen LogP contribution < -0.4 is 10.1 Å². The first-order valence-corrected chi connectivity index (χ1v) is 7.57. The van der Waals surface area contributed by atoms with Crippen LogP contribution in [0.1, 0.15) is 39.7 Å². The summed E-state index contributed by atoms with van der Waals surface area (Å²) in [5, 5.41) is 3.28. The van der Waals surface area contributed by atoms with Gasteiger partial charge in [0.25, 0.3) is 0 Å². The lowest BCUT2D eigenvalue weighted by molar-refractivity contribution is -0.123. The monoisotopic (exact) mass is 277 g/mol. The average Bonchev–Trinajstić information content (AvgIpc) is 2.45. The zero-order valence-electron chi connectivity index (χ0n) is 13.1. The quantitative estimate of drug-likeness (QED) is 0.753. The van der Waals surface area contributed by atoms with E-state index in [0.717, 1.165) is 37.3 Å². The molecule has 0 radical (unpaired) electrons. The predicted octanol–water partition coefficient (Wildman–Crippen LogP) is 3.22. The van der Waals surface area contributed by atoms with Crippen molar-refractivity contribution < 1.29 is 9.53 Å². The molecule has 0 aromatic heterocycles. The molecule has 112 valence electrons. The van der Waals surface area contributed by atoms with E-state index < -0.39 is 0 Å². The van der Waals surface area contributed by atoms with Crippen LogP contribution in [-0.2, 0) is 11.2 Å². The van der Waals surface area contributed by atoms with E-state index >= 15 is 0 Å². The van der Waals surface area contributed by atoms with Gasteiger partial charge in [-0.1, -0.05) is 39.8 Å². The van der Waals surface area contributed by atoms with Crippen molar-refractivity contribution in [2.75, 3.05) is 13.2 Å². The van der Waals surface area contributed by atoms with Crippen LogP contribution in [0, 0.1) is 5.92 Å². The molecule has 20 heavy (non-hydrogen) atoms. The lowest BCUT2D eigenvalue weighted by Crippen LogP contribution is -2.40. The molecular formula is C17H27NO2. The minimum absolute atomic E-state index is 0.0613. The number of carbonyl (C=O) groups is 1. The Bertz CT molecular complexity index is 398. The van der Waals surface area contributed by atoms with Crippen molar-refractivity contribution in [2.45, 2.75) is 46.6 Å². The molecule has 1 atom stereocenters. The van der Waals surface area contributed by atoms with Crippen molar-refractivity contribution >= 4 is 5.78 Å². The molecule has 0 heterocycles. The number of nitrogens with one attached hydrogen (secondary N) is 1. The van der Waals surface area contributed by atoms with Crippen LogP contribution >= 0.6 is 0 Å². The normalized spacial score (nSPS) is 12.4. The van der Waals surface area contributed by atoms with E-state index in [1.54, 1.807) is 0 Å². The van der Waals surface area contributed by atoms with Crippen molar-refractivity contribution in [3.8, 4) is 5.75 Å². The second kappa shape index (κ2) is 8.75. The Balaban J connectivity index is 2.66. The van der Waals surface area contributed by atoms with Crippen LogP contribution in [0.25, 0.3) is 0 Å². The number of ether oxygens (including phenoxy) is 1. The Morgan fingerprint density at radius 3 is 2.35 bits per heavy atom. The molecule has 0 amide bonds. The fraction of sp³-hybridized carbons (Fsp3) is 0.588. The summed E-state index contributed by atoms with van der Waals surface area (Å²) in [4.78, 5) is 12.2. The van der Waals surface area contributed by atoms with Gasteiger partial charge in [0.05, 0.1) is 12.6 Å². The lowest BCUT2D eigenvalue weighted by Gasteiger charge is -2.19. The number of hydrogen-bond donors (Lipinski definition) is 1. The lowest BCUT2D eigenvalue weighted by atomic mass is 9.95. The Morgan fingerprint density at radius 2 is 1.85 bits per heavy atom. The molecular weight excluding hydrogens is 250 g/mol. The van der Waals surface area contributed by atoms with Gasteiger partial charge in [0.2, 0.25) is 0 Å². The summed E-state index contributed by atoms with van der Waals surface area (Å²) in [5.74, 6) is 1.23. The van der Waals surface area contributed by atoms with Crippen LogP contribution in [-0.4, -0.2) is 25.0 Å². The molecule has 0 saturated carbocycles. The molecule has 0 aliphatic heterocycles. The summed E-state index contributed by atoms with van der Waals surface area (Å²) in [6, 6.07) is 7.95. The standard InChI is InChI=1S/C17H27NO2/c1-5-11-20-15-9-7-14(8-10-15)12-16(18-6-2)17(19)13(3)4/h7-10,13,16,18H,5-6,11-12H2,1-4H3/t16-/m0/s1. The van der Waals surface area contributed by atoms with Crippen molar-refractivity contribution in [3.05, 3.63) is 29.8 Å². The number of benzene rings is 1. The summed E-state index contributed by atoms with van der Waals surface area (Å²) in [6.45, 7) is 9.57. The van der Waals surface area contributed by atoms with Crippen molar-refractivity contribution in [3.63, 3.8) is 0 Å². The van der Waals surface area contributed by atoms with Gasteiger partial charge in [-0.05, 0) is 37.1 Å². The fourth-order valence-corrected chi connectivity index (χ4v) is 2.10. The second-order valence-electron chi connectivity index (χ2n) is 5.36. The van der Waals surface area contributed by atoms with E-state index in [1.807, 2.05) is 45.0 Å². The maximum absolute atomic E-state index is 12.2. The Labute approximate surface area is 122 Å². The molecule has 3 heteroatoms. The van der Waals surface area contributed by atoms with Crippen LogP contribution in [0.3, 0.4) is 0 Å². The average molecular weight is 277 g/mol. The van der Waals surface area contributed by atoms with Gasteiger partial charge in [0.1, 0.15) is 5.75 Å². The van der Waals surface area contributed by atoms with Gasteiger partial charge < -0.3 is 10.1 Å². The predicted molar refractivity (Wildman–Crippen MR) is 83.2 cm³/mol. The summed E-state index contributed by atoms with van der Waals surface area (Å²) in [6.07, 6.45) is 1.74. The minimum atomic E-state index is -0.0950. The third kappa shape index (κ3) is 5.33. The maximum atomic E-state index is 12.2. The molecule has 1 aromatic rings. The highest BCUT2D eigenvalue weighted by Crippen LogP contribution is 2.15. The van der Waals surface area contributed by atoms with E-state index in [0.29, 0.717) is 0 Å². The summed E-state index contributed by atoms with van der Waals surface area (Å²) < 4.78 is 5.57. The number of carbonyl (C=O) groups excluding carboxylic acids is 1. The van der Waals surface area contributed by atoms with Gasteiger partial charge in [-0.2, -0.15) is 0 Å². The highest BCUT2D eigenvalue weighted by molar-refractivity contribution is 5.86. The number of likely N-dealkylation sites (N-methyl/N-ethyl adjacent to an activating group) is 1. The number of ketones is 1. The van der Waals surface area contributed by atoms with E-state index in [2.05, 4.69) is 12.2 Å². The summed E-state index contributed by atoms with van der Waals surface area (Å²) in [7, 11) is 0. The molecule has 1 rings (SSSR count). The second-order valence-corrected chi connectivity index (χ2v) is 5.36. The van der Waals surface area contributed by atoms with Crippen molar-refractivity contribution in [2.24, 2.45) is 5.92 Å². The topological polar surface area (TPSA) is 38.3 Å². The fourth-order valence-electron chi connectivity index (χ4n) is 2.10. The van der Waals surface area contributed by atoms with E-state index in [4.69, 9.17) is 4.74 Å². The Hall–Kier alpha value is -1.35. The zero-order valence-corrected chi connectivity index (χ0v) is 13.1. The number of Topliss-reactive ketones (excluding diaryl/α,β-unsaturated/α-hetero) is 1. The maximum Gasteiger partial charge on any atom is 0.152 e. The van der Waals surface area contributed by atoms with Gasteiger partial charge in [0.15, 0.2) is 5.78 Å². The molecule has 1 N–H and O–H groups in total. The highest BCUT2D eigenvalue weighted by atomic mass is 16.5. The van der Waals surface area contributed by atoms with Gasteiger partial charge in [-0.25, -0.2) is 0 Å². The van der Waals surface area contributed by atoms with E-state index in [9.17, 15) is 4.79 Å². The highest BCUT2D eigenvalue weighted by Gasteiger charge is 2.20. The molecule has 0 spiro atoms. The van der Waals surface area contributed by atoms with Gasteiger partial charge in [-0.3, -0.25) is 4.79 Å². The molecule has 0 aliphatic rings. The minimum Gasteiger partial charge on any atom is -0.494 e. The first kappa shape index (κ1) is 16.7. The van der Waals surface area contributed by atoms with Crippen molar-refractivity contribution in [1.29, 1.82) is 0 Å². The zero-order chi connectivity index (χ0) is 15.0. The van der Waals surface area contributed by atoms with Gasteiger partial charge >= 0.3 is 0 Å². The molecule has 0 unspecified atom stereocenters. The number of hydrogen-bond acceptors (Lipinski definition) is 3. The third-order valence-electron chi connectivity index (χ3n) is 3.20. The molecule has 0 fully saturated rings. The van der Waals surface area contributed by atoms with E-state index in [1.165, 1.54) is 0 Å². The largest absolute Gasteiger partial charge is 0.494 e. The van der Waals surface area contributed by atoms with E-state index in [-0.39, 0.29) is 17.7 Å². The number of rotatable bonds is 9. The molecule has 3 nitrogen and oxygen atoms in total. The van der Waals surface area contributed by atoms with Crippen LogP contribution in [0.5, 0.6) is 5.75 Å². The van der Waals surface area contributed by atoms with Gasteiger partial charge in [0, 0.05) is 5.92 Å². The van der Waals surface area contributed by atoms with Crippen LogP contribution in [0.15, 0.2) is 24.3 Å². The summed E-state index contributed by atoms with van der Waals surface area (Å²) in [5.41, 5.74) is 1.16. The Kier molecular flexibility index (Phi) is 7.31. The first-order valence-electron chi connectivity index (χ1n) is 7.57. The smallest absolute Gasteiger partial charge is 0.152 e. The molecule has 0 bridgehead atoms. The van der Waals surface area contributed by atoms with Gasteiger partial charge in [-0.15, -0.1) is 0 Å².